The van der Waals surface area contributed by atoms with Crippen LogP contribution in [0.4, 0.5) is 8.78 Å². The molecule has 0 saturated carbocycles. The van der Waals surface area contributed by atoms with Crippen LogP contribution >= 0.6 is 0 Å². The minimum atomic E-state index is -2.69. The summed E-state index contributed by atoms with van der Waals surface area (Å²) in [6, 6.07) is 0. The Morgan fingerprint density at radius 2 is 1.88 bits per heavy atom. The van der Waals surface area contributed by atoms with Gasteiger partial charge in [-0.25, -0.2) is 8.78 Å². The molecular formula is C17H27BF2N2O4. The van der Waals surface area contributed by atoms with Gasteiger partial charge in [-0.1, -0.05) is 0 Å². The van der Waals surface area contributed by atoms with Crippen LogP contribution in [0, 0.1) is 0 Å². The van der Waals surface area contributed by atoms with Gasteiger partial charge in [-0.05, 0) is 47.0 Å². The van der Waals surface area contributed by atoms with Crippen LogP contribution in [0.5, 0.6) is 0 Å². The molecular weight excluding hydrogens is 345 g/mol. The van der Waals surface area contributed by atoms with Gasteiger partial charge in [-0.2, -0.15) is 5.10 Å². The second-order valence-corrected chi connectivity index (χ2v) is 7.87. The number of ether oxygens (including phenoxy) is 2. The van der Waals surface area contributed by atoms with Gasteiger partial charge in [0.05, 0.1) is 23.5 Å². The summed E-state index contributed by atoms with van der Waals surface area (Å²) in [6.07, 6.45) is -0.189. The highest BCUT2D eigenvalue weighted by atomic mass is 19.3. The normalized spacial score (nSPS) is 25.2. The fourth-order valence-electron chi connectivity index (χ4n) is 3.21. The molecule has 2 aliphatic heterocycles. The number of nitrogens with zero attached hydrogens (tertiary/aromatic N) is 2. The maximum Gasteiger partial charge on any atom is 0.498 e. The van der Waals surface area contributed by atoms with E-state index in [1.54, 1.807) is 0 Å². The topological polar surface area (TPSA) is 54.7 Å². The fourth-order valence-corrected chi connectivity index (χ4v) is 3.21. The number of aryl methyl sites for hydroxylation is 1. The summed E-state index contributed by atoms with van der Waals surface area (Å²) >= 11 is 0. The van der Waals surface area contributed by atoms with E-state index in [1.807, 2.05) is 27.7 Å². The molecule has 2 aliphatic rings. The van der Waals surface area contributed by atoms with E-state index in [4.69, 9.17) is 18.8 Å². The molecule has 1 unspecified atom stereocenters. The largest absolute Gasteiger partial charge is 0.498 e. The number of alkyl halides is 2. The molecule has 0 aromatic carbocycles. The first-order valence-electron chi connectivity index (χ1n) is 9.05. The van der Waals surface area contributed by atoms with E-state index in [0.717, 1.165) is 19.3 Å². The van der Waals surface area contributed by atoms with Crippen molar-refractivity contribution in [2.24, 2.45) is 7.05 Å². The summed E-state index contributed by atoms with van der Waals surface area (Å²) in [4.78, 5) is 0. The molecule has 1 aromatic rings. The molecule has 0 spiro atoms. The second-order valence-electron chi connectivity index (χ2n) is 7.87. The molecule has 26 heavy (non-hydrogen) atoms. The van der Waals surface area contributed by atoms with Crippen LogP contribution in [-0.2, 0) is 32.4 Å². The lowest BCUT2D eigenvalue weighted by molar-refractivity contribution is -0.169. The summed E-state index contributed by atoms with van der Waals surface area (Å²) in [5.41, 5.74) is -0.797. The average Bonchev–Trinajstić information content (AvgIpc) is 2.99. The number of hydrogen-bond donors (Lipinski definition) is 0. The predicted molar refractivity (Wildman–Crippen MR) is 92.3 cm³/mol. The lowest BCUT2D eigenvalue weighted by Gasteiger charge is -2.32. The van der Waals surface area contributed by atoms with Gasteiger partial charge in [0.2, 0.25) is 0 Å². The zero-order valence-electron chi connectivity index (χ0n) is 16.1. The Labute approximate surface area is 153 Å². The van der Waals surface area contributed by atoms with Crippen molar-refractivity contribution in [1.82, 2.24) is 9.78 Å². The molecule has 1 aromatic heterocycles. The lowest BCUT2D eigenvalue weighted by atomic mass is 9.77. The van der Waals surface area contributed by atoms with Gasteiger partial charge < -0.3 is 18.8 Å². The summed E-state index contributed by atoms with van der Waals surface area (Å²) in [6.45, 7) is 8.27. The molecule has 9 heteroatoms. The van der Waals surface area contributed by atoms with Crippen LogP contribution in [0.3, 0.4) is 0 Å². The molecule has 2 saturated heterocycles. The van der Waals surface area contributed by atoms with E-state index in [0.29, 0.717) is 12.3 Å². The Bertz CT molecular complexity index is 629. The number of hydrogen-bond acceptors (Lipinski definition) is 5. The molecule has 1 atom stereocenters. The van der Waals surface area contributed by atoms with E-state index in [1.165, 1.54) is 11.7 Å². The van der Waals surface area contributed by atoms with Gasteiger partial charge >= 0.3 is 7.12 Å². The number of halogens is 2. The molecule has 3 heterocycles. The second kappa shape index (κ2) is 7.18. The average molecular weight is 372 g/mol. The maximum atomic E-state index is 13.7. The minimum absolute atomic E-state index is 0.0740. The third-order valence-electron chi connectivity index (χ3n) is 5.45. The molecule has 146 valence electrons. The molecule has 6 nitrogen and oxygen atoms in total. The fraction of sp³-hybridized carbons (Fsp3) is 0.824. The summed E-state index contributed by atoms with van der Waals surface area (Å²) in [5, 5.41) is 4.25. The van der Waals surface area contributed by atoms with Crippen LogP contribution < -0.4 is 5.46 Å². The third kappa shape index (κ3) is 3.67. The van der Waals surface area contributed by atoms with Crippen molar-refractivity contribution in [3.63, 3.8) is 0 Å². The van der Waals surface area contributed by atoms with Crippen molar-refractivity contribution in [3.8, 4) is 0 Å². The van der Waals surface area contributed by atoms with Crippen molar-refractivity contribution >= 4 is 12.6 Å². The van der Waals surface area contributed by atoms with Gasteiger partial charge in [0.1, 0.15) is 5.69 Å². The highest BCUT2D eigenvalue weighted by Gasteiger charge is 2.54. The Hall–Kier alpha value is -1.03. The van der Waals surface area contributed by atoms with E-state index in [9.17, 15) is 8.78 Å². The monoisotopic (exact) mass is 372 g/mol. The molecule has 0 radical (unpaired) electrons. The van der Waals surface area contributed by atoms with Crippen molar-refractivity contribution < 1.29 is 27.6 Å². The quantitative estimate of drug-likeness (QED) is 0.744. The van der Waals surface area contributed by atoms with Crippen LogP contribution in [-0.4, -0.2) is 41.0 Å². The van der Waals surface area contributed by atoms with Gasteiger partial charge in [-0.3, -0.25) is 4.68 Å². The van der Waals surface area contributed by atoms with Crippen molar-refractivity contribution in [2.45, 2.75) is 77.5 Å². The summed E-state index contributed by atoms with van der Waals surface area (Å²) < 4.78 is 51.9. The molecule has 0 N–H and O–H groups in total. The van der Waals surface area contributed by atoms with Crippen molar-refractivity contribution in [1.29, 1.82) is 0 Å². The lowest BCUT2D eigenvalue weighted by Crippen LogP contribution is -2.41. The zero-order valence-corrected chi connectivity index (χ0v) is 16.1. The number of rotatable bonds is 5. The van der Waals surface area contributed by atoms with Crippen molar-refractivity contribution in [2.75, 3.05) is 6.61 Å². The highest BCUT2D eigenvalue weighted by molar-refractivity contribution is 6.63. The standard InChI is InChI=1S/C17H27BF2N2O4/c1-16(2)17(3,4)26-18(25-16)13-11(21-22(5)14(13)15(19)20)10-24-12-8-6-7-9-23-12/h12,15H,6-10H2,1-5H3. The van der Waals surface area contributed by atoms with Crippen molar-refractivity contribution in [3.05, 3.63) is 11.4 Å². The highest BCUT2D eigenvalue weighted by Crippen LogP contribution is 2.37. The molecule has 0 bridgehead atoms. The molecule has 0 aliphatic carbocycles. The van der Waals surface area contributed by atoms with Gasteiger partial charge in [-0.15, -0.1) is 0 Å². The number of aromatic nitrogens is 2. The van der Waals surface area contributed by atoms with Gasteiger partial charge in [0, 0.05) is 19.1 Å². The third-order valence-corrected chi connectivity index (χ3v) is 5.45. The summed E-state index contributed by atoms with van der Waals surface area (Å²) in [5.74, 6) is 0. The Balaban J connectivity index is 1.87. The van der Waals surface area contributed by atoms with Gasteiger partial charge in [0.25, 0.3) is 6.43 Å². The van der Waals surface area contributed by atoms with E-state index < -0.39 is 24.7 Å². The van der Waals surface area contributed by atoms with E-state index in [2.05, 4.69) is 5.10 Å². The SMILES string of the molecule is Cn1nc(COC2CCCCO2)c(B2OC(C)(C)C(C)(C)O2)c1C(F)F. The Kier molecular flexibility index (Phi) is 5.45. The van der Waals surface area contributed by atoms with E-state index >= 15 is 0 Å². The first kappa shape index (κ1) is 19.7. The molecule has 3 rings (SSSR count). The zero-order chi connectivity index (χ0) is 19.1. The van der Waals surface area contributed by atoms with Crippen LogP contribution in [0.2, 0.25) is 0 Å². The smallest absolute Gasteiger partial charge is 0.399 e. The Morgan fingerprint density at radius 1 is 1.23 bits per heavy atom. The first-order chi connectivity index (χ1) is 12.1. The predicted octanol–water partition coefficient (Wildman–Crippen LogP) is 2.70. The first-order valence-corrected chi connectivity index (χ1v) is 9.05. The Morgan fingerprint density at radius 3 is 2.42 bits per heavy atom. The maximum absolute atomic E-state index is 13.7. The molecule has 0 amide bonds. The van der Waals surface area contributed by atoms with Crippen LogP contribution in [0.1, 0.15) is 64.8 Å². The van der Waals surface area contributed by atoms with E-state index in [-0.39, 0.29) is 24.1 Å². The van der Waals surface area contributed by atoms with Gasteiger partial charge in [0.15, 0.2) is 6.29 Å². The van der Waals surface area contributed by atoms with Crippen LogP contribution in [0.25, 0.3) is 0 Å². The molecule has 2 fully saturated rings. The minimum Gasteiger partial charge on any atom is -0.399 e. The summed E-state index contributed by atoms with van der Waals surface area (Å²) in [7, 11) is 0.584. The van der Waals surface area contributed by atoms with Crippen LogP contribution in [0.15, 0.2) is 0 Å².